The molecule has 3 rings (SSSR count). The van der Waals surface area contributed by atoms with Gasteiger partial charge >= 0.3 is 0 Å². The molecule has 1 unspecified atom stereocenters. The van der Waals surface area contributed by atoms with Crippen LogP contribution in [0, 0.1) is 16.7 Å². The van der Waals surface area contributed by atoms with Crippen molar-refractivity contribution >= 4 is 5.91 Å². The maximum atomic E-state index is 12.0. The predicted molar refractivity (Wildman–Crippen MR) is 65.0 cm³/mol. The summed E-state index contributed by atoms with van der Waals surface area (Å²) in [7, 11) is 0. The molecule has 4 atom stereocenters. The van der Waals surface area contributed by atoms with E-state index in [0.29, 0.717) is 12.3 Å². The summed E-state index contributed by atoms with van der Waals surface area (Å²) < 4.78 is 0. The Morgan fingerprint density at radius 3 is 2.88 bits per heavy atom. The van der Waals surface area contributed by atoms with Crippen LogP contribution in [0.25, 0.3) is 0 Å². The van der Waals surface area contributed by atoms with Gasteiger partial charge in [0.2, 0.25) is 5.91 Å². The fourth-order valence-electron chi connectivity index (χ4n) is 4.48. The van der Waals surface area contributed by atoms with Gasteiger partial charge in [-0.25, -0.2) is 0 Å². The van der Waals surface area contributed by atoms with E-state index in [9.17, 15) is 9.90 Å². The number of allylic oxidation sites excluding steroid dienone is 2. The van der Waals surface area contributed by atoms with Crippen molar-refractivity contribution in [1.29, 1.82) is 0 Å². The smallest absolute Gasteiger partial charge is 0.224 e. The van der Waals surface area contributed by atoms with Crippen molar-refractivity contribution in [3.63, 3.8) is 0 Å². The third kappa shape index (κ3) is 1.23. The SMILES string of the molecule is C[C@]12CC[C@H](O)C[C@]1(C(N)=O)CC=C1CCC12. The Hall–Kier alpha value is -0.830. The van der Waals surface area contributed by atoms with Gasteiger partial charge in [0.1, 0.15) is 0 Å². The van der Waals surface area contributed by atoms with E-state index in [2.05, 4.69) is 13.0 Å². The molecule has 3 aliphatic rings. The van der Waals surface area contributed by atoms with E-state index in [-0.39, 0.29) is 17.4 Å². The maximum Gasteiger partial charge on any atom is 0.224 e. The zero-order valence-electron chi connectivity index (χ0n) is 10.4. The number of aliphatic hydroxyl groups is 1. The quantitative estimate of drug-likeness (QED) is 0.680. The van der Waals surface area contributed by atoms with Crippen molar-refractivity contribution < 1.29 is 9.90 Å². The number of primary amides is 1. The van der Waals surface area contributed by atoms with Crippen LogP contribution in [-0.4, -0.2) is 17.1 Å². The second-order valence-electron chi connectivity index (χ2n) is 6.33. The Labute approximate surface area is 102 Å². The van der Waals surface area contributed by atoms with E-state index >= 15 is 0 Å². The van der Waals surface area contributed by atoms with Gasteiger partial charge in [0.05, 0.1) is 11.5 Å². The summed E-state index contributed by atoms with van der Waals surface area (Å²) in [5, 5.41) is 9.92. The molecule has 2 saturated carbocycles. The van der Waals surface area contributed by atoms with Crippen molar-refractivity contribution in [2.45, 2.75) is 51.6 Å². The number of hydrogen-bond donors (Lipinski definition) is 2. The van der Waals surface area contributed by atoms with E-state index in [1.54, 1.807) is 0 Å². The Morgan fingerprint density at radius 2 is 2.29 bits per heavy atom. The van der Waals surface area contributed by atoms with Crippen LogP contribution in [0.15, 0.2) is 11.6 Å². The molecule has 3 N–H and O–H groups in total. The average molecular weight is 235 g/mol. The Kier molecular flexibility index (Phi) is 2.22. The van der Waals surface area contributed by atoms with Crippen molar-refractivity contribution in [2.24, 2.45) is 22.5 Å². The molecule has 0 aromatic heterocycles. The lowest BCUT2D eigenvalue weighted by atomic mass is 9.43. The molecular formula is C14H21NO2. The van der Waals surface area contributed by atoms with Crippen LogP contribution >= 0.6 is 0 Å². The molecule has 0 spiro atoms. The van der Waals surface area contributed by atoms with Gasteiger partial charge < -0.3 is 10.8 Å². The molecule has 0 radical (unpaired) electrons. The molecule has 17 heavy (non-hydrogen) atoms. The van der Waals surface area contributed by atoms with Crippen LogP contribution < -0.4 is 5.73 Å². The molecule has 1 amide bonds. The van der Waals surface area contributed by atoms with Gasteiger partial charge in [0.25, 0.3) is 0 Å². The number of carbonyl (C=O) groups is 1. The van der Waals surface area contributed by atoms with Crippen molar-refractivity contribution in [1.82, 2.24) is 0 Å². The van der Waals surface area contributed by atoms with Gasteiger partial charge in [-0.15, -0.1) is 0 Å². The molecule has 0 aliphatic heterocycles. The van der Waals surface area contributed by atoms with E-state index in [1.807, 2.05) is 0 Å². The second-order valence-corrected chi connectivity index (χ2v) is 6.33. The number of fused-ring (bicyclic) bond motifs is 3. The summed E-state index contributed by atoms with van der Waals surface area (Å²) in [5.74, 6) is 0.331. The lowest BCUT2D eigenvalue weighted by molar-refractivity contribution is -0.154. The van der Waals surface area contributed by atoms with Crippen molar-refractivity contribution in [3.05, 3.63) is 11.6 Å². The van der Waals surface area contributed by atoms with Gasteiger partial charge in [-0.3, -0.25) is 4.79 Å². The fraction of sp³-hybridized carbons (Fsp3) is 0.786. The molecule has 0 saturated heterocycles. The normalized spacial score (nSPS) is 48.5. The number of hydrogen-bond acceptors (Lipinski definition) is 2. The summed E-state index contributed by atoms with van der Waals surface area (Å²) in [4.78, 5) is 12.0. The lowest BCUT2D eigenvalue weighted by Crippen LogP contribution is -2.60. The summed E-state index contributed by atoms with van der Waals surface area (Å²) in [6.45, 7) is 2.22. The molecule has 2 fully saturated rings. The summed E-state index contributed by atoms with van der Waals surface area (Å²) >= 11 is 0. The van der Waals surface area contributed by atoms with Crippen molar-refractivity contribution in [2.75, 3.05) is 0 Å². The minimum Gasteiger partial charge on any atom is -0.393 e. The monoisotopic (exact) mass is 235 g/mol. The summed E-state index contributed by atoms with van der Waals surface area (Å²) in [6.07, 6.45) is 7.28. The van der Waals surface area contributed by atoms with Crippen LogP contribution in [0.4, 0.5) is 0 Å². The van der Waals surface area contributed by atoms with Crippen LogP contribution in [0.5, 0.6) is 0 Å². The minimum absolute atomic E-state index is 0.0135. The number of aliphatic hydroxyl groups excluding tert-OH is 1. The van der Waals surface area contributed by atoms with Crippen molar-refractivity contribution in [3.8, 4) is 0 Å². The Balaban J connectivity index is 2.07. The van der Waals surface area contributed by atoms with E-state index < -0.39 is 5.41 Å². The van der Waals surface area contributed by atoms with Gasteiger partial charge in [-0.05, 0) is 49.9 Å². The largest absolute Gasteiger partial charge is 0.393 e. The number of nitrogens with two attached hydrogens (primary N) is 1. The molecule has 3 heteroatoms. The molecule has 0 bridgehead atoms. The van der Waals surface area contributed by atoms with Crippen LogP contribution in [0.3, 0.4) is 0 Å². The highest BCUT2D eigenvalue weighted by Crippen LogP contribution is 2.65. The van der Waals surface area contributed by atoms with Crippen LogP contribution in [0.2, 0.25) is 0 Å². The third-order valence-corrected chi connectivity index (χ3v) is 5.80. The highest BCUT2D eigenvalue weighted by atomic mass is 16.3. The van der Waals surface area contributed by atoms with Gasteiger partial charge in [-0.1, -0.05) is 18.6 Å². The topological polar surface area (TPSA) is 63.3 Å². The predicted octanol–water partition coefficient (Wildman–Crippen LogP) is 1.75. The maximum absolute atomic E-state index is 12.0. The second kappa shape index (κ2) is 3.35. The zero-order valence-corrected chi connectivity index (χ0v) is 10.4. The van der Waals surface area contributed by atoms with Crippen LogP contribution in [-0.2, 0) is 4.79 Å². The number of amides is 1. The first kappa shape index (κ1) is 11.3. The fourth-order valence-corrected chi connectivity index (χ4v) is 4.48. The summed E-state index contributed by atoms with van der Waals surface area (Å²) in [5.41, 5.74) is 6.73. The van der Waals surface area contributed by atoms with Gasteiger partial charge in [-0.2, -0.15) is 0 Å². The van der Waals surface area contributed by atoms with E-state index in [4.69, 9.17) is 5.73 Å². The molecule has 0 aromatic carbocycles. The van der Waals surface area contributed by atoms with Crippen LogP contribution in [0.1, 0.15) is 45.4 Å². The Bertz CT molecular complexity index is 403. The number of carbonyl (C=O) groups excluding carboxylic acids is 1. The van der Waals surface area contributed by atoms with Gasteiger partial charge in [0.15, 0.2) is 0 Å². The van der Waals surface area contributed by atoms with E-state index in [0.717, 1.165) is 19.3 Å². The molecule has 94 valence electrons. The Morgan fingerprint density at radius 1 is 1.53 bits per heavy atom. The number of rotatable bonds is 1. The van der Waals surface area contributed by atoms with E-state index in [1.165, 1.54) is 18.4 Å². The molecule has 0 heterocycles. The molecule has 3 nitrogen and oxygen atoms in total. The standard InChI is InChI=1S/C14H21NO2/c1-13-6-5-10(16)8-14(13,12(15)17)7-4-9-2-3-11(9)13/h4,10-11,16H,2-3,5-8H2,1H3,(H2,15,17)/t10-,11?,13+,14-/m0/s1. The third-order valence-electron chi connectivity index (χ3n) is 5.80. The zero-order chi connectivity index (χ0) is 12.3. The molecule has 0 aromatic rings. The molecular weight excluding hydrogens is 214 g/mol. The highest BCUT2D eigenvalue weighted by molar-refractivity contribution is 5.83. The first-order valence-corrected chi connectivity index (χ1v) is 6.66. The first-order valence-electron chi connectivity index (χ1n) is 6.66. The first-order chi connectivity index (χ1) is 7.99. The minimum atomic E-state index is -0.501. The highest BCUT2D eigenvalue weighted by Gasteiger charge is 2.61. The average Bonchev–Trinajstić information content (AvgIpc) is 2.20. The lowest BCUT2D eigenvalue weighted by Gasteiger charge is -2.60. The summed E-state index contributed by atoms with van der Waals surface area (Å²) in [6, 6.07) is 0. The molecule has 3 aliphatic carbocycles. The van der Waals surface area contributed by atoms with Gasteiger partial charge in [0, 0.05) is 0 Å².